The topological polar surface area (TPSA) is 88.2 Å². The van der Waals surface area contributed by atoms with Crippen LogP contribution in [0.5, 0.6) is 11.5 Å². The molecule has 140 valence electrons. The Morgan fingerprint density at radius 2 is 1.65 bits per heavy atom. The molecule has 0 saturated carbocycles. The van der Waals surface area contributed by atoms with E-state index in [0.29, 0.717) is 37.7 Å². The highest BCUT2D eigenvalue weighted by Gasteiger charge is 2.34. The van der Waals surface area contributed by atoms with Crippen LogP contribution in [0.1, 0.15) is 13.8 Å². The second-order valence-electron chi connectivity index (χ2n) is 6.61. The average molecular weight is 361 g/mol. The van der Waals surface area contributed by atoms with Crippen LogP contribution in [0, 0.1) is 0 Å². The molecule has 2 aliphatic heterocycles. The van der Waals surface area contributed by atoms with Crippen LogP contribution in [-0.4, -0.2) is 72.5 Å². The van der Waals surface area contributed by atoms with Crippen molar-refractivity contribution in [2.24, 2.45) is 0 Å². The Balaban J connectivity index is 1.53. The smallest absolute Gasteiger partial charge is 0.312 e. The second kappa shape index (κ2) is 7.63. The third-order valence-electron chi connectivity index (χ3n) is 4.28. The zero-order valence-electron chi connectivity index (χ0n) is 14.9. The predicted octanol–water partition coefficient (Wildman–Crippen LogP) is 0.0218. The van der Waals surface area contributed by atoms with Gasteiger partial charge in [-0.15, -0.1) is 0 Å². The molecular formula is C18H23N3O5. The highest BCUT2D eigenvalue weighted by Crippen LogP contribution is 2.31. The Labute approximate surface area is 152 Å². The first kappa shape index (κ1) is 18.0. The third-order valence-corrected chi connectivity index (χ3v) is 4.28. The maximum atomic E-state index is 12.7. The summed E-state index contributed by atoms with van der Waals surface area (Å²) in [7, 11) is 0. The number of ether oxygens (including phenoxy) is 2. The molecule has 1 unspecified atom stereocenters. The first-order chi connectivity index (χ1) is 12.5. The van der Waals surface area contributed by atoms with Gasteiger partial charge < -0.3 is 24.6 Å². The third kappa shape index (κ3) is 3.89. The molecule has 8 heteroatoms. The second-order valence-corrected chi connectivity index (χ2v) is 6.61. The summed E-state index contributed by atoms with van der Waals surface area (Å²) in [5.74, 6) is -0.157. The van der Waals surface area contributed by atoms with Crippen molar-refractivity contribution in [3.8, 4) is 11.5 Å². The van der Waals surface area contributed by atoms with Gasteiger partial charge in [-0.2, -0.15) is 0 Å². The molecule has 0 aromatic heterocycles. The van der Waals surface area contributed by atoms with Crippen molar-refractivity contribution in [2.75, 3.05) is 32.8 Å². The molecule has 1 fully saturated rings. The summed E-state index contributed by atoms with van der Waals surface area (Å²) in [6.45, 7) is 5.12. The Morgan fingerprint density at radius 3 is 2.31 bits per heavy atom. The monoisotopic (exact) mass is 361 g/mol. The molecule has 0 spiro atoms. The summed E-state index contributed by atoms with van der Waals surface area (Å²) in [6, 6.07) is 7.12. The van der Waals surface area contributed by atoms with Crippen molar-refractivity contribution in [1.82, 2.24) is 15.1 Å². The summed E-state index contributed by atoms with van der Waals surface area (Å²) in [5.41, 5.74) is 0. The van der Waals surface area contributed by atoms with Gasteiger partial charge in [0.2, 0.25) is 6.10 Å². The van der Waals surface area contributed by atoms with Crippen LogP contribution in [0.3, 0.4) is 0 Å². The Kier molecular flexibility index (Phi) is 5.29. The van der Waals surface area contributed by atoms with E-state index < -0.39 is 17.9 Å². The fourth-order valence-corrected chi connectivity index (χ4v) is 2.94. The van der Waals surface area contributed by atoms with Crippen LogP contribution in [-0.2, 0) is 14.4 Å². The average Bonchev–Trinajstić information content (AvgIpc) is 2.66. The van der Waals surface area contributed by atoms with E-state index in [0.717, 1.165) is 0 Å². The zero-order chi connectivity index (χ0) is 18.7. The molecular weight excluding hydrogens is 338 g/mol. The number of carbonyl (C=O) groups excluding carboxylic acids is 3. The first-order valence-corrected chi connectivity index (χ1v) is 8.72. The molecule has 26 heavy (non-hydrogen) atoms. The van der Waals surface area contributed by atoms with Crippen LogP contribution in [0.25, 0.3) is 0 Å². The van der Waals surface area contributed by atoms with Gasteiger partial charge in [0.1, 0.15) is 6.61 Å². The number of hydrogen-bond acceptors (Lipinski definition) is 5. The molecule has 1 N–H and O–H groups in total. The Bertz CT molecular complexity index is 698. The van der Waals surface area contributed by atoms with Gasteiger partial charge in [0.05, 0.1) is 0 Å². The zero-order valence-corrected chi connectivity index (χ0v) is 14.9. The summed E-state index contributed by atoms with van der Waals surface area (Å²) in [6.07, 6.45) is -0.698. The number of para-hydroxylation sites is 2. The fourth-order valence-electron chi connectivity index (χ4n) is 2.94. The molecule has 1 atom stereocenters. The van der Waals surface area contributed by atoms with Crippen molar-refractivity contribution in [2.45, 2.75) is 26.0 Å². The van der Waals surface area contributed by atoms with Crippen molar-refractivity contribution < 1.29 is 23.9 Å². The lowest BCUT2D eigenvalue weighted by Gasteiger charge is -2.36. The van der Waals surface area contributed by atoms with Crippen molar-refractivity contribution in [3.63, 3.8) is 0 Å². The summed E-state index contributed by atoms with van der Waals surface area (Å²) in [5, 5.41) is 2.59. The predicted molar refractivity (Wildman–Crippen MR) is 92.8 cm³/mol. The van der Waals surface area contributed by atoms with Gasteiger partial charge in [-0.1, -0.05) is 12.1 Å². The minimum Gasteiger partial charge on any atom is -0.485 e. The lowest BCUT2D eigenvalue weighted by atomic mass is 10.2. The lowest BCUT2D eigenvalue weighted by molar-refractivity contribution is -0.150. The number of amides is 3. The Hall–Kier alpha value is -2.77. The largest absolute Gasteiger partial charge is 0.485 e. The molecule has 2 heterocycles. The molecule has 1 aromatic rings. The van der Waals surface area contributed by atoms with Gasteiger partial charge in [-0.25, -0.2) is 0 Å². The highest BCUT2D eigenvalue weighted by atomic mass is 16.6. The van der Waals surface area contributed by atoms with Gasteiger partial charge in [0.25, 0.3) is 5.91 Å². The standard InChI is InChI=1S/C18H23N3O5/c1-12(2)19-16(22)18(24)21-9-7-20(8-10-21)17(23)15-11-25-13-5-3-4-6-14(13)26-15/h3-6,12,15H,7-11H2,1-2H3,(H,19,22). The lowest BCUT2D eigenvalue weighted by Crippen LogP contribution is -2.57. The van der Waals surface area contributed by atoms with Crippen molar-refractivity contribution in [3.05, 3.63) is 24.3 Å². The summed E-state index contributed by atoms with van der Waals surface area (Å²) in [4.78, 5) is 39.7. The SMILES string of the molecule is CC(C)NC(=O)C(=O)N1CCN(C(=O)C2COc3ccccc3O2)CC1. The van der Waals surface area contributed by atoms with Gasteiger partial charge in [0.15, 0.2) is 11.5 Å². The van der Waals surface area contributed by atoms with E-state index >= 15 is 0 Å². The minimum absolute atomic E-state index is 0.0966. The molecule has 1 aromatic carbocycles. The van der Waals surface area contributed by atoms with E-state index in [9.17, 15) is 14.4 Å². The van der Waals surface area contributed by atoms with Crippen LogP contribution in [0.15, 0.2) is 24.3 Å². The quantitative estimate of drug-likeness (QED) is 0.751. The number of fused-ring (bicyclic) bond motifs is 1. The number of carbonyl (C=O) groups is 3. The van der Waals surface area contributed by atoms with Crippen LogP contribution < -0.4 is 14.8 Å². The number of hydrogen-bond donors (Lipinski definition) is 1. The number of rotatable bonds is 2. The van der Waals surface area contributed by atoms with Crippen LogP contribution >= 0.6 is 0 Å². The molecule has 0 aliphatic carbocycles. The van der Waals surface area contributed by atoms with E-state index in [2.05, 4.69) is 5.32 Å². The summed E-state index contributed by atoms with van der Waals surface area (Å²) < 4.78 is 11.3. The van der Waals surface area contributed by atoms with E-state index in [1.54, 1.807) is 30.9 Å². The van der Waals surface area contributed by atoms with Crippen LogP contribution in [0.4, 0.5) is 0 Å². The number of piperazine rings is 1. The van der Waals surface area contributed by atoms with E-state index in [1.807, 2.05) is 12.1 Å². The van der Waals surface area contributed by atoms with E-state index in [-0.39, 0.29) is 18.6 Å². The fraction of sp³-hybridized carbons (Fsp3) is 0.500. The normalized spacial score (nSPS) is 19.3. The molecule has 0 radical (unpaired) electrons. The van der Waals surface area contributed by atoms with Crippen LogP contribution in [0.2, 0.25) is 0 Å². The number of nitrogens with zero attached hydrogens (tertiary/aromatic N) is 2. The first-order valence-electron chi connectivity index (χ1n) is 8.72. The van der Waals surface area contributed by atoms with Crippen molar-refractivity contribution in [1.29, 1.82) is 0 Å². The van der Waals surface area contributed by atoms with Gasteiger partial charge in [0, 0.05) is 32.2 Å². The van der Waals surface area contributed by atoms with Gasteiger partial charge >= 0.3 is 11.8 Å². The maximum absolute atomic E-state index is 12.7. The van der Waals surface area contributed by atoms with E-state index in [4.69, 9.17) is 9.47 Å². The molecule has 3 rings (SSSR count). The number of benzene rings is 1. The number of nitrogens with one attached hydrogen (secondary N) is 1. The molecule has 2 aliphatic rings. The van der Waals surface area contributed by atoms with Gasteiger partial charge in [-0.05, 0) is 26.0 Å². The van der Waals surface area contributed by atoms with Gasteiger partial charge in [-0.3, -0.25) is 14.4 Å². The molecule has 1 saturated heterocycles. The molecule has 0 bridgehead atoms. The Morgan fingerprint density at radius 1 is 1.04 bits per heavy atom. The maximum Gasteiger partial charge on any atom is 0.312 e. The van der Waals surface area contributed by atoms with Crippen molar-refractivity contribution >= 4 is 17.7 Å². The van der Waals surface area contributed by atoms with E-state index in [1.165, 1.54) is 4.90 Å². The highest BCUT2D eigenvalue weighted by molar-refractivity contribution is 6.35. The molecule has 3 amide bonds. The minimum atomic E-state index is -0.698. The summed E-state index contributed by atoms with van der Waals surface area (Å²) >= 11 is 0. The molecule has 8 nitrogen and oxygen atoms in total.